The Kier molecular flexibility index (Phi) is 1.48. The Morgan fingerprint density at radius 3 is 2.62 bits per heavy atom. The Hall–Kier alpha value is -0.570. The van der Waals surface area contributed by atoms with Gasteiger partial charge in [-0.2, -0.15) is 0 Å². The van der Waals surface area contributed by atoms with E-state index in [4.69, 9.17) is 4.74 Å². The number of hydrogen-bond acceptors (Lipinski definition) is 3. The highest BCUT2D eigenvalue weighted by Crippen LogP contribution is 2.44. The lowest BCUT2D eigenvalue weighted by molar-refractivity contribution is -0.166. The zero-order valence-corrected chi connectivity index (χ0v) is 7.79. The minimum absolute atomic E-state index is 0.0220. The SMILES string of the molecule is O=C1CC[C@@]2(CN3CCC2CC3)O1. The summed E-state index contributed by atoms with van der Waals surface area (Å²) in [5.74, 6) is 0.678. The van der Waals surface area contributed by atoms with Crippen LogP contribution in [-0.2, 0) is 9.53 Å². The molecule has 4 rings (SSSR count). The zero-order valence-electron chi connectivity index (χ0n) is 7.79. The van der Waals surface area contributed by atoms with E-state index >= 15 is 0 Å². The molecule has 4 aliphatic rings. The van der Waals surface area contributed by atoms with Gasteiger partial charge in [0.1, 0.15) is 5.60 Å². The normalized spacial score (nSPS) is 48.5. The summed E-state index contributed by atoms with van der Waals surface area (Å²) in [6.45, 7) is 3.43. The quantitative estimate of drug-likeness (QED) is 0.517. The predicted octanol–water partition coefficient (Wildman–Crippen LogP) is 0.788. The molecule has 0 saturated carbocycles. The van der Waals surface area contributed by atoms with Crippen molar-refractivity contribution in [2.24, 2.45) is 5.92 Å². The van der Waals surface area contributed by atoms with Crippen molar-refractivity contribution < 1.29 is 9.53 Å². The van der Waals surface area contributed by atoms with Crippen LogP contribution in [-0.4, -0.2) is 36.1 Å². The van der Waals surface area contributed by atoms with Crippen LogP contribution in [0.2, 0.25) is 0 Å². The number of carbonyl (C=O) groups excluding carboxylic acids is 1. The van der Waals surface area contributed by atoms with Crippen molar-refractivity contribution in [3.8, 4) is 0 Å². The minimum Gasteiger partial charge on any atom is -0.457 e. The molecular weight excluding hydrogens is 166 g/mol. The van der Waals surface area contributed by atoms with Gasteiger partial charge in [-0.15, -0.1) is 0 Å². The van der Waals surface area contributed by atoms with Crippen LogP contribution in [0, 0.1) is 5.92 Å². The molecule has 4 fully saturated rings. The van der Waals surface area contributed by atoms with Crippen molar-refractivity contribution in [3.05, 3.63) is 0 Å². The van der Waals surface area contributed by atoms with Gasteiger partial charge in [-0.25, -0.2) is 0 Å². The topological polar surface area (TPSA) is 29.5 Å². The van der Waals surface area contributed by atoms with E-state index in [0.29, 0.717) is 12.3 Å². The van der Waals surface area contributed by atoms with Crippen LogP contribution in [0.25, 0.3) is 0 Å². The van der Waals surface area contributed by atoms with Gasteiger partial charge < -0.3 is 4.74 Å². The fourth-order valence-corrected chi connectivity index (χ4v) is 3.17. The van der Waals surface area contributed by atoms with E-state index in [9.17, 15) is 4.79 Å². The van der Waals surface area contributed by atoms with Crippen molar-refractivity contribution in [3.63, 3.8) is 0 Å². The molecule has 2 bridgehead atoms. The molecule has 0 N–H and O–H groups in total. The number of rotatable bonds is 0. The summed E-state index contributed by atoms with van der Waals surface area (Å²) >= 11 is 0. The first-order valence-corrected chi connectivity index (χ1v) is 5.23. The molecule has 0 unspecified atom stereocenters. The molecule has 3 heteroatoms. The molecule has 0 radical (unpaired) electrons. The summed E-state index contributed by atoms with van der Waals surface area (Å²) < 4.78 is 5.54. The lowest BCUT2D eigenvalue weighted by Gasteiger charge is -2.50. The van der Waals surface area contributed by atoms with Gasteiger partial charge in [0.15, 0.2) is 0 Å². The summed E-state index contributed by atoms with van der Waals surface area (Å²) in [4.78, 5) is 13.6. The number of nitrogens with zero attached hydrogens (tertiary/aromatic N) is 1. The largest absolute Gasteiger partial charge is 0.457 e. The van der Waals surface area contributed by atoms with E-state index in [1.807, 2.05) is 0 Å². The van der Waals surface area contributed by atoms with Crippen molar-refractivity contribution in [1.82, 2.24) is 4.90 Å². The Balaban J connectivity index is 1.87. The summed E-state index contributed by atoms with van der Waals surface area (Å²) in [5, 5.41) is 0. The van der Waals surface area contributed by atoms with Gasteiger partial charge in [0, 0.05) is 18.9 Å². The summed E-state index contributed by atoms with van der Waals surface area (Å²) in [7, 11) is 0. The average Bonchev–Trinajstić information content (AvgIpc) is 2.49. The standard InChI is InChI=1S/C10H15NO2/c12-9-1-4-10(13-9)7-11-5-2-8(10)3-6-11/h8H,1-7H2/t10-/m0/s1. The first-order chi connectivity index (χ1) is 6.28. The van der Waals surface area contributed by atoms with Crippen LogP contribution >= 0.6 is 0 Å². The monoisotopic (exact) mass is 181 g/mol. The van der Waals surface area contributed by atoms with E-state index in [1.54, 1.807) is 0 Å². The molecule has 0 aromatic carbocycles. The van der Waals surface area contributed by atoms with Crippen LogP contribution in [0.3, 0.4) is 0 Å². The molecular formula is C10H15NO2. The van der Waals surface area contributed by atoms with Crippen LogP contribution < -0.4 is 0 Å². The van der Waals surface area contributed by atoms with E-state index in [2.05, 4.69) is 4.90 Å². The van der Waals surface area contributed by atoms with Crippen LogP contribution in [0.1, 0.15) is 25.7 Å². The van der Waals surface area contributed by atoms with Crippen molar-refractivity contribution in [2.45, 2.75) is 31.3 Å². The lowest BCUT2D eigenvalue weighted by Crippen LogP contribution is -2.58. The minimum atomic E-state index is -0.0619. The summed E-state index contributed by atoms with van der Waals surface area (Å²) in [5.41, 5.74) is -0.0619. The molecule has 4 saturated heterocycles. The predicted molar refractivity (Wildman–Crippen MR) is 47.2 cm³/mol. The number of ether oxygens (including phenoxy) is 1. The number of carbonyl (C=O) groups is 1. The molecule has 13 heavy (non-hydrogen) atoms. The molecule has 0 aromatic heterocycles. The fraction of sp³-hybridized carbons (Fsp3) is 0.900. The van der Waals surface area contributed by atoms with Crippen molar-refractivity contribution in [2.75, 3.05) is 19.6 Å². The third kappa shape index (κ3) is 1.03. The van der Waals surface area contributed by atoms with Crippen LogP contribution in [0.15, 0.2) is 0 Å². The number of esters is 1. The molecule has 0 amide bonds. The first kappa shape index (κ1) is 7.80. The summed E-state index contributed by atoms with van der Waals surface area (Å²) in [6, 6.07) is 0. The number of piperidine rings is 3. The number of fused-ring (bicyclic) bond motifs is 2. The average molecular weight is 181 g/mol. The highest BCUT2D eigenvalue weighted by molar-refractivity contribution is 5.72. The smallest absolute Gasteiger partial charge is 0.306 e. The lowest BCUT2D eigenvalue weighted by atomic mass is 9.74. The zero-order chi connectivity index (χ0) is 8.89. The molecule has 0 aromatic rings. The first-order valence-electron chi connectivity index (χ1n) is 5.23. The number of hydrogen-bond donors (Lipinski definition) is 0. The fourth-order valence-electron chi connectivity index (χ4n) is 3.17. The van der Waals surface area contributed by atoms with Gasteiger partial charge in [-0.3, -0.25) is 9.69 Å². The van der Waals surface area contributed by atoms with Crippen LogP contribution in [0.5, 0.6) is 0 Å². The van der Waals surface area contributed by atoms with E-state index in [-0.39, 0.29) is 11.6 Å². The Morgan fingerprint density at radius 2 is 2.15 bits per heavy atom. The third-order valence-corrected chi connectivity index (χ3v) is 3.89. The van der Waals surface area contributed by atoms with Gasteiger partial charge in [-0.1, -0.05) is 0 Å². The van der Waals surface area contributed by atoms with Crippen molar-refractivity contribution >= 4 is 5.97 Å². The molecule has 1 atom stereocenters. The Bertz CT molecular complexity index is 245. The maximum absolute atomic E-state index is 11.2. The highest BCUT2D eigenvalue weighted by Gasteiger charge is 2.52. The highest BCUT2D eigenvalue weighted by atomic mass is 16.6. The van der Waals surface area contributed by atoms with Gasteiger partial charge >= 0.3 is 5.97 Å². The van der Waals surface area contributed by atoms with Crippen molar-refractivity contribution in [1.29, 1.82) is 0 Å². The maximum Gasteiger partial charge on any atom is 0.306 e. The second kappa shape index (κ2) is 2.47. The molecule has 0 aliphatic carbocycles. The second-order valence-electron chi connectivity index (χ2n) is 4.59. The molecule has 72 valence electrons. The van der Waals surface area contributed by atoms with Gasteiger partial charge in [0.05, 0.1) is 0 Å². The van der Waals surface area contributed by atoms with Gasteiger partial charge in [0.25, 0.3) is 0 Å². The van der Waals surface area contributed by atoms with E-state index in [1.165, 1.54) is 25.9 Å². The third-order valence-electron chi connectivity index (χ3n) is 3.89. The second-order valence-corrected chi connectivity index (χ2v) is 4.59. The molecule has 4 heterocycles. The maximum atomic E-state index is 11.2. The van der Waals surface area contributed by atoms with Gasteiger partial charge in [-0.05, 0) is 32.4 Å². The Morgan fingerprint density at radius 1 is 1.38 bits per heavy atom. The van der Waals surface area contributed by atoms with Crippen LogP contribution in [0.4, 0.5) is 0 Å². The molecule has 1 spiro atoms. The van der Waals surface area contributed by atoms with Gasteiger partial charge in [0.2, 0.25) is 0 Å². The molecule has 3 nitrogen and oxygen atoms in total. The Labute approximate surface area is 78.0 Å². The summed E-state index contributed by atoms with van der Waals surface area (Å²) in [6.07, 6.45) is 4.07. The van der Waals surface area contributed by atoms with E-state index < -0.39 is 0 Å². The molecule has 4 aliphatic heterocycles. The van der Waals surface area contributed by atoms with E-state index in [0.717, 1.165) is 13.0 Å².